The van der Waals surface area contributed by atoms with Crippen molar-refractivity contribution in [2.75, 3.05) is 44.2 Å². The van der Waals surface area contributed by atoms with Crippen LogP contribution in [0.5, 0.6) is 0 Å². The van der Waals surface area contributed by atoms with Crippen LogP contribution in [0.25, 0.3) is 0 Å². The highest BCUT2D eigenvalue weighted by Crippen LogP contribution is 2.29. The molecule has 31 heavy (non-hydrogen) atoms. The number of hydrogen-bond acceptors (Lipinski definition) is 5. The number of carbonyl (C=O) groups is 2. The van der Waals surface area contributed by atoms with Crippen molar-refractivity contribution in [1.82, 2.24) is 9.80 Å². The van der Waals surface area contributed by atoms with Gasteiger partial charge in [-0.15, -0.1) is 0 Å². The number of benzene rings is 2. The normalized spacial score (nSPS) is 16.5. The minimum Gasteiger partial charge on any atom is -0.371 e. The number of hydrogen-bond donors (Lipinski definition) is 0. The minimum absolute atomic E-state index is 0.114. The maximum Gasteiger partial charge on any atom is 0.270 e. The summed E-state index contributed by atoms with van der Waals surface area (Å²) in [6, 6.07) is 9.83. The molecular weight excluding hydrogens is 403 g/mol. The molecule has 9 heteroatoms. The minimum atomic E-state index is -0.496. The first-order chi connectivity index (χ1) is 14.9. The molecule has 2 aromatic rings. The molecule has 2 heterocycles. The molecule has 2 fully saturated rings. The van der Waals surface area contributed by atoms with Gasteiger partial charge in [-0.1, -0.05) is 0 Å². The molecule has 4 rings (SSSR count). The van der Waals surface area contributed by atoms with Crippen molar-refractivity contribution >= 4 is 23.2 Å². The van der Waals surface area contributed by atoms with Gasteiger partial charge in [0.05, 0.1) is 16.2 Å². The van der Waals surface area contributed by atoms with Gasteiger partial charge >= 0.3 is 0 Å². The second kappa shape index (κ2) is 8.71. The standard InChI is InChI=1S/C22H23FN4O4/c23-17-5-3-16(4-6-17)21(28)25-11-13-26(14-12-25)22(29)19-15-18(27(30)31)7-8-20(19)24-9-1-2-10-24/h3-8,15H,1-2,9-14H2. The van der Waals surface area contributed by atoms with Crippen LogP contribution in [0.15, 0.2) is 42.5 Å². The van der Waals surface area contributed by atoms with E-state index in [9.17, 15) is 24.1 Å². The highest BCUT2D eigenvalue weighted by atomic mass is 19.1. The predicted octanol–water partition coefficient (Wildman–Crippen LogP) is 2.93. The van der Waals surface area contributed by atoms with Crippen molar-refractivity contribution in [2.45, 2.75) is 12.8 Å². The third-order valence-corrected chi connectivity index (χ3v) is 5.81. The Morgan fingerprint density at radius 2 is 1.42 bits per heavy atom. The van der Waals surface area contributed by atoms with Gasteiger partial charge in [0.25, 0.3) is 17.5 Å². The van der Waals surface area contributed by atoms with E-state index >= 15 is 0 Å². The summed E-state index contributed by atoms with van der Waals surface area (Å²) < 4.78 is 13.1. The van der Waals surface area contributed by atoms with Crippen LogP contribution in [0.4, 0.5) is 15.8 Å². The van der Waals surface area contributed by atoms with E-state index in [0.29, 0.717) is 37.3 Å². The fourth-order valence-corrected chi connectivity index (χ4v) is 4.10. The van der Waals surface area contributed by atoms with Gasteiger partial charge in [0, 0.05) is 57.0 Å². The van der Waals surface area contributed by atoms with E-state index in [1.807, 2.05) is 0 Å². The molecular formula is C22H23FN4O4. The number of amides is 2. The van der Waals surface area contributed by atoms with Crippen LogP contribution in [0.3, 0.4) is 0 Å². The Bertz CT molecular complexity index is 997. The molecule has 0 saturated carbocycles. The average molecular weight is 426 g/mol. The number of non-ortho nitro benzene ring substituents is 1. The summed E-state index contributed by atoms with van der Waals surface area (Å²) in [6.45, 7) is 2.98. The Labute approximate surface area is 179 Å². The van der Waals surface area contributed by atoms with Crippen molar-refractivity contribution < 1.29 is 18.9 Å². The molecule has 8 nitrogen and oxygen atoms in total. The fraction of sp³-hybridized carbons (Fsp3) is 0.364. The lowest BCUT2D eigenvalue weighted by atomic mass is 10.1. The van der Waals surface area contributed by atoms with Crippen LogP contribution in [0, 0.1) is 15.9 Å². The molecule has 0 unspecified atom stereocenters. The Hall–Kier alpha value is -3.49. The molecule has 162 valence electrons. The van der Waals surface area contributed by atoms with E-state index in [-0.39, 0.29) is 17.5 Å². The van der Waals surface area contributed by atoms with Gasteiger partial charge in [0.15, 0.2) is 0 Å². The molecule has 0 bridgehead atoms. The third kappa shape index (κ3) is 4.35. The van der Waals surface area contributed by atoms with Crippen LogP contribution in [-0.4, -0.2) is 65.8 Å². The quantitative estimate of drug-likeness (QED) is 0.554. The van der Waals surface area contributed by atoms with Gasteiger partial charge in [0.1, 0.15) is 5.82 Å². The maximum absolute atomic E-state index is 13.3. The molecule has 0 radical (unpaired) electrons. The summed E-state index contributed by atoms with van der Waals surface area (Å²) in [5, 5.41) is 11.3. The topological polar surface area (TPSA) is 87.0 Å². The predicted molar refractivity (Wildman–Crippen MR) is 113 cm³/mol. The number of carbonyl (C=O) groups excluding carboxylic acids is 2. The molecule has 0 aliphatic carbocycles. The Kier molecular flexibility index (Phi) is 5.83. The Balaban J connectivity index is 1.49. The van der Waals surface area contributed by atoms with Crippen LogP contribution in [0.2, 0.25) is 0 Å². The lowest BCUT2D eigenvalue weighted by Crippen LogP contribution is -2.50. The van der Waals surface area contributed by atoms with Gasteiger partial charge in [-0.05, 0) is 43.2 Å². The number of anilines is 1. The lowest BCUT2D eigenvalue weighted by Gasteiger charge is -2.35. The molecule has 2 saturated heterocycles. The largest absolute Gasteiger partial charge is 0.371 e. The molecule has 0 spiro atoms. The lowest BCUT2D eigenvalue weighted by molar-refractivity contribution is -0.384. The third-order valence-electron chi connectivity index (χ3n) is 5.81. The van der Waals surface area contributed by atoms with Crippen molar-refractivity contribution in [2.24, 2.45) is 0 Å². The Morgan fingerprint density at radius 3 is 2.00 bits per heavy atom. The molecule has 2 aromatic carbocycles. The summed E-state index contributed by atoms with van der Waals surface area (Å²) in [4.78, 5) is 42.0. The fourth-order valence-electron chi connectivity index (χ4n) is 4.10. The second-order valence-corrected chi connectivity index (χ2v) is 7.74. The molecule has 2 amide bonds. The zero-order valence-corrected chi connectivity index (χ0v) is 17.0. The monoisotopic (exact) mass is 426 g/mol. The summed E-state index contributed by atoms with van der Waals surface area (Å²) in [5.41, 5.74) is 1.33. The van der Waals surface area contributed by atoms with Gasteiger partial charge in [-0.3, -0.25) is 19.7 Å². The van der Waals surface area contributed by atoms with Crippen LogP contribution >= 0.6 is 0 Å². The van der Waals surface area contributed by atoms with Crippen molar-refractivity contribution in [3.63, 3.8) is 0 Å². The van der Waals surface area contributed by atoms with E-state index in [1.54, 1.807) is 15.9 Å². The average Bonchev–Trinajstić information content (AvgIpc) is 3.33. The van der Waals surface area contributed by atoms with Crippen molar-refractivity contribution in [3.05, 3.63) is 69.5 Å². The van der Waals surface area contributed by atoms with Crippen LogP contribution in [0.1, 0.15) is 33.6 Å². The molecule has 2 aliphatic rings. The van der Waals surface area contributed by atoms with E-state index in [2.05, 4.69) is 4.90 Å². The number of nitro benzene ring substituents is 1. The summed E-state index contributed by atoms with van der Waals surface area (Å²) in [7, 11) is 0. The highest BCUT2D eigenvalue weighted by molar-refractivity contribution is 6.01. The number of nitrogens with zero attached hydrogens (tertiary/aromatic N) is 4. The number of halogens is 1. The van der Waals surface area contributed by atoms with Crippen LogP contribution < -0.4 is 4.90 Å². The first-order valence-electron chi connectivity index (χ1n) is 10.3. The summed E-state index contributed by atoms with van der Waals surface area (Å²) in [5.74, 6) is -0.877. The first kappa shape index (κ1) is 20.8. The van der Waals surface area contributed by atoms with Gasteiger partial charge in [-0.25, -0.2) is 4.39 Å². The highest BCUT2D eigenvalue weighted by Gasteiger charge is 2.29. The maximum atomic E-state index is 13.3. The first-order valence-corrected chi connectivity index (χ1v) is 10.3. The number of piperazine rings is 1. The molecule has 0 aromatic heterocycles. The van der Waals surface area contributed by atoms with Gasteiger partial charge in [0.2, 0.25) is 0 Å². The smallest absolute Gasteiger partial charge is 0.270 e. The van der Waals surface area contributed by atoms with Crippen molar-refractivity contribution in [1.29, 1.82) is 0 Å². The van der Waals surface area contributed by atoms with Crippen molar-refractivity contribution in [3.8, 4) is 0 Å². The van der Waals surface area contributed by atoms with E-state index in [1.165, 1.54) is 36.4 Å². The van der Waals surface area contributed by atoms with Gasteiger partial charge < -0.3 is 14.7 Å². The Morgan fingerprint density at radius 1 is 0.839 bits per heavy atom. The zero-order chi connectivity index (χ0) is 22.0. The molecule has 2 aliphatic heterocycles. The SMILES string of the molecule is O=C(c1ccc(F)cc1)N1CCN(C(=O)c2cc([N+](=O)[O-])ccc2N2CCCC2)CC1. The van der Waals surface area contributed by atoms with Gasteiger partial charge in [-0.2, -0.15) is 0 Å². The molecule has 0 N–H and O–H groups in total. The number of nitro groups is 1. The second-order valence-electron chi connectivity index (χ2n) is 7.74. The number of rotatable bonds is 4. The zero-order valence-electron chi connectivity index (χ0n) is 17.0. The van der Waals surface area contributed by atoms with E-state index in [0.717, 1.165) is 31.6 Å². The molecule has 0 atom stereocenters. The van der Waals surface area contributed by atoms with E-state index in [4.69, 9.17) is 0 Å². The van der Waals surface area contributed by atoms with E-state index < -0.39 is 10.7 Å². The van der Waals surface area contributed by atoms with Crippen LogP contribution in [-0.2, 0) is 0 Å². The summed E-state index contributed by atoms with van der Waals surface area (Å²) in [6.07, 6.45) is 2.05. The summed E-state index contributed by atoms with van der Waals surface area (Å²) >= 11 is 0.